The maximum Gasteiger partial charge on any atom is 0.137 e. The third kappa shape index (κ3) is 2.79. The van der Waals surface area contributed by atoms with Crippen molar-refractivity contribution < 1.29 is 10.2 Å². The third-order valence-electron chi connectivity index (χ3n) is 3.84. The molecule has 1 aliphatic rings. The van der Waals surface area contributed by atoms with Crippen LogP contribution < -0.4 is 0 Å². The van der Waals surface area contributed by atoms with Crippen LogP contribution in [0.15, 0.2) is 35.9 Å². The molecule has 0 saturated heterocycles. The lowest BCUT2D eigenvalue weighted by atomic mass is 9.74. The van der Waals surface area contributed by atoms with Gasteiger partial charge in [0.25, 0.3) is 0 Å². The second-order valence-electron chi connectivity index (χ2n) is 5.39. The molecule has 2 atom stereocenters. The Morgan fingerprint density at radius 1 is 1.32 bits per heavy atom. The SMILES string of the molecule is C=C(C)[C@@H]1CCC(C)=C[C@H]1c1cc(Cl)c(O)cc1O. The Hall–Kier alpha value is -1.41. The van der Waals surface area contributed by atoms with Gasteiger partial charge in [-0.3, -0.25) is 0 Å². The molecule has 2 N–H and O–H groups in total. The maximum atomic E-state index is 10.1. The van der Waals surface area contributed by atoms with E-state index in [1.807, 2.05) is 6.92 Å². The molecule has 102 valence electrons. The van der Waals surface area contributed by atoms with Gasteiger partial charge in [-0.15, -0.1) is 0 Å². The van der Waals surface area contributed by atoms with Gasteiger partial charge in [-0.1, -0.05) is 35.4 Å². The number of halogens is 1. The van der Waals surface area contributed by atoms with Crippen LogP contribution in [0, 0.1) is 5.92 Å². The number of benzene rings is 1. The molecule has 0 aromatic heterocycles. The first-order chi connectivity index (χ1) is 8.90. The maximum absolute atomic E-state index is 10.1. The number of rotatable bonds is 2. The first-order valence-electron chi connectivity index (χ1n) is 6.44. The van der Waals surface area contributed by atoms with Crippen LogP contribution in [-0.4, -0.2) is 10.2 Å². The van der Waals surface area contributed by atoms with E-state index in [4.69, 9.17) is 11.6 Å². The molecule has 0 bridgehead atoms. The fourth-order valence-corrected chi connectivity index (χ4v) is 2.93. The fourth-order valence-electron chi connectivity index (χ4n) is 2.76. The molecule has 0 spiro atoms. The van der Waals surface area contributed by atoms with Crippen molar-refractivity contribution in [2.75, 3.05) is 0 Å². The molecule has 0 fully saturated rings. The van der Waals surface area contributed by atoms with E-state index in [-0.39, 0.29) is 22.4 Å². The molecule has 1 aliphatic carbocycles. The van der Waals surface area contributed by atoms with Crippen molar-refractivity contribution >= 4 is 11.6 Å². The number of phenols is 2. The average molecular weight is 279 g/mol. The lowest BCUT2D eigenvalue weighted by molar-refractivity contribution is 0.426. The largest absolute Gasteiger partial charge is 0.508 e. The van der Waals surface area contributed by atoms with Crippen molar-refractivity contribution in [2.45, 2.75) is 32.6 Å². The minimum absolute atomic E-state index is 0.0735. The van der Waals surface area contributed by atoms with Crippen LogP contribution in [0.4, 0.5) is 0 Å². The molecule has 0 amide bonds. The summed E-state index contributed by atoms with van der Waals surface area (Å²) in [7, 11) is 0. The molecule has 0 radical (unpaired) electrons. The summed E-state index contributed by atoms with van der Waals surface area (Å²) in [5, 5.41) is 19.9. The highest BCUT2D eigenvalue weighted by molar-refractivity contribution is 6.32. The van der Waals surface area contributed by atoms with Crippen molar-refractivity contribution in [3.8, 4) is 11.5 Å². The highest BCUT2D eigenvalue weighted by atomic mass is 35.5. The zero-order valence-electron chi connectivity index (χ0n) is 11.3. The van der Waals surface area contributed by atoms with Crippen molar-refractivity contribution in [1.29, 1.82) is 0 Å². The van der Waals surface area contributed by atoms with Crippen LogP contribution in [0.1, 0.15) is 38.2 Å². The predicted octanol–water partition coefficient (Wildman–Crippen LogP) is 4.77. The van der Waals surface area contributed by atoms with Crippen molar-refractivity contribution in [2.24, 2.45) is 5.92 Å². The van der Waals surface area contributed by atoms with Crippen LogP contribution in [0.25, 0.3) is 0 Å². The molecule has 0 saturated carbocycles. The van der Waals surface area contributed by atoms with E-state index in [0.29, 0.717) is 5.92 Å². The number of allylic oxidation sites excluding steroid dienone is 3. The van der Waals surface area contributed by atoms with Gasteiger partial charge in [0.15, 0.2) is 0 Å². The molecule has 19 heavy (non-hydrogen) atoms. The van der Waals surface area contributed by atoms with Gasteiger partial charge < -0.3 is 10.2 Å². The number of hydrogen-bond acceptors (Lipinski definition) is 2. The van der Waals surface area contributed by atoms with E-state index in [2.05, 4.69) is 19.6 Å². The topological polar surface area (TPSA) is 40.5 Å². The average Bonchev–Trinajstić information content (AvgIpc) is 2.33. The van der Waals surface area contributed by atoms with Gasteiger partial charge in [-0.05, 0) is 38.7 Å². The predicted molar refractivity (Wildman–Crippen MR) is 78.8 cm³/mol. The van der Waals surface area contributed by atoms with Gasteiger partial charge in [0.2, 0.25) is 0 Å². The molecule has 1 aromatic carbocycles. The first-order valence-corrected chi connectivity index (χ1v) is 6.82. The standard InChI is InChI=1S/C16H19ClO2/c1-9(2)11-5-4-10(3)6-12(11)13-7-14(17)16(19)8-15(13)18/h6-8,11-12,18-19H,1,4-5H2,2-3H3/t11-,12+/m0/s1. The second-order valence-corrected chi connectivity index (χ2v) is 5.80. The first kappa shape index (κ1) is 14.0. The Labute approximate surface area is 119 Å². The Kier molecular flexibility index (Phi) is 3.91. The Morgan fingerprint density at radius 3 is 2.63 bits per heavy atom. The lowest BCUT2D eigenvalue weighted by Crippen LogP contribution is -2.17. The van der Waals surface area contributed by atoms with Gasteiger partial charge >= 0.3 is 0 Å². The van der Waals surface area contributed by atoms with Crippen LogP contribution in [0.3, 0.4) is 0 Å². The zero-order valence-corrected chi connectivity index (χ0v) is 12.0. The molecule has 3 heteroatoms. The molecule has 0 aliphatic heterocycles. The van der Waals surface area contributed by atoms with E-state index in [9.17, 15) is 10.2 Å². The summed E-state index contributed by atoms with van der Waals surface area (Å²) < 4.78 is 0. The van der Waals surface area contributed by atoms with Gasteiger partial charge in [-0.25, -0.2) is 0 Å². The normalized spacial score (nSPS) is 23.0. The third-order valence-corrected chi connectivity index (χ3v) is 4.14. The monoisotopic (exact) mass is 278 g/mol. The molecule has 0 heterocycles. The minimum Gasteiger partial charge on any atom is -0.508 e. The number of phenolic OH excluding ortho intramolecular Hbond substituents is 2. The Bertz CT molecular complexity index is 546. The van der Waals surface area contributed by atoms with Crippen LogP contribution in [0.5, 0.6) is 11.5 Å². The quantitative estimate of drug-likeness (QED) is 0.765. The summed E-state index contributed by atoms with van der Waals surface area (Å²) in [5.74, 6) is 0.370. The Balaban J connectivity index is 2.50. The number of hydrogen-bond donors (Lipinski definition) is 2. The summed E-state index contributed by atoms with van der Waals surface area (Å²) in [6.07, 6.45) is 4.26. The van der Waals surface area contributed by atoms with E-state index in [1.165, 1.54) is 11.6 Å². The molecule has 0 unspecified atom stereocenters. The summed E-state index contributed by atoms with van der Waals surface area (Å²) in [6, 6.07) is 2.97. The van der Waals surface area contributed by atoms with Crippen molar-refractivity contribution in [1.82, 2.24) is 0 Å². The summed E-state index contributed by atoms with van der Waals surface area (Å²) >= 11 is 5.96. The van der Waals surface area contributed by atoms with Crippen molar-refractivity contribution in [3.63, 3.8) is 0 Å². The zero-order chi connectivity index (χ0) is 14.2. The van der Waals surface area contributed by atoms with Gasteiger partial charge in [-0.2, -0.15) is 0 Å². The van der Waals surface area contributed by atoms with Crippen LogP contribution in [0.2, 0.25) is 5.02 Å². The van der Waals surface area contributed by atoms with Gasteiger partial charge in [0.1, 0.15) is 11.5 Å². The molecule has 1 aromatic rings. The highest BCUT2D eigenvalue weighted by Crippen LogP contribution is 2.44. The van der Waals surface area contributed by atoms with E-state index in [1.54, 1.807) is 6.07 Å². The van der Waals surface area contributed by atoms with Crippen molar-refractivity contribution in [3.05, 3.63) is 46.5 Å². The fraction of sp³-hybridized carbons (Fsp3) is 0.375. The molecular formula is C16H19ClO2. The number of aromatic hydroxyl groups is 2. The smallest absolute Gasteiger partial charge is 0.137 e. The van der Waals surface area contributed by atoms with Gasteiger partial charge in [0, 0.05) is 17.5 Å². The lowest BCUT2D eigenvalue weighted by Gasteiger charge is -2.31. The summed E-state index contributed by atoms with van der Waals surface area (Å²) in [6.45, 7) is 8.17. The Morgan fingerprint density at radius 2 is 2.00 bits per heavy atom. The highest BCUT2D eigenvalue weighted by Gasteiger charge is 2.28. The van der Waals surface area contributed by atoms with E-state index >= 15 is 0 Å². The van der Waals surface area contributed by atoms with Crippen LogP contribution >= 0.6 is 11.6 Å². The molecule has 2 rings (SSSR count). The van der Waals surface area contributed by atoms with E-state index in [0.717, 1.165) is 24.0 Å². The second kappa shape index (κ2) is 5.30. The molecule has 2 nitrogen and oxygen atoms in total. The van der Waals surface area contributed by atoms with Crippen LogP contribution in [-0.2, 0) is 0 Å². The summed E-state index contributed by atoms with van der Waals surface area (Å²) in [5.41, 5.74) is 3.18. The minimum atomic E-state index is -0.0914. The van der Waals surface area contributed by atoms with Gasteiger partial charge in [0.05, 0.1) is 5.02 Å². The molecular weight excluding hydrogens is 260 g/mol. The summed E-state index contributed by atoms with van der Waals surface area (Å²) in [4.78, 5) is 0. The van der Waals surface area contributed by atoms with E-state index < -0.39 is 0 Å².